The first-order chi connectivity index (χ1) is 7.39. The van der Waals surface area contributed by atoms with Crippen molar-refractivity contribution in [2.24, 2.45) is 5.73 Å². The van der Waals surface area contributed by atoms with Crippen LogP contribution in [0.4, 0.5) is 0 Å². The quantitative estimate of drug-likeness (QED) is 0.862. The van der Waals surface area contributed by atoms with E-state index in [0.29, 0.717) is 6.04 Å². The summed E-state index contributed by atoms with van der Waals surface area (Å²) in [5.74, 6) is 0. The average Bonchev–Trinajstić information content (AvgIpc) is 2.70. The van der Waals surface area contributed by atoms with Crippen LogP contribution in [0.1, 0.15) is 38.1 Å². The maximum atomic E-state index is 6.26. The van der Waals surface area contributed by atoms with Gasteiger partial charge in [-0.3, -0.25) is 4.90 Å². The predicted octanol–water partition coefficient (Wildman–Crippen LogP) is 3.38. The van der Waals surface area contributed by atoms with E-state index in [1.807, 2.05) is 0 Å². The molecule has 2 unspecified atom stereocenters. The minimum atomic E-state index is 0.190. The van der Waals surface area contributed by atoms with Gasteiger partial charge in [-0.25, -0.2) is 0 Å². The average molecular weight is 303 g/mol. The summed E-state index contributed by atoms with van der Waals surface area (Å²) in [4.78, 5) is 3.91. The second kappa shape index (κ2) is 4.41. The molecule has 1 aliphatic rings. The second-order valence-corrected chi connectivity index (χ2v) is 7.90. The van der Waals surface area contributed by atoms with Gasteiger partial charge in [0.25, 0.3) is 0 Å². The molecule has 1 aromatic heterocycles. The summed E-state index contributed by atoms with van der Waals surface area (Å²) in [5, 5.41) is 0. The van der Waals surface area contributed by atoms with Gasteiger partial charge in [0.15, 0.2) is 0 Å². The zero-order chi connectivity index (χ0) is 11.9. The minimum absolute atomic E-state index is 0.190. The molecular weight excluding hydrogens is 284 g/mol. The van der Waals surface area contributed by atoms with Crippen LogP contribution in [0.15, 0.2) is 15.9 Å². The SMILES string of the molecule is CC(C)(C)N1CCC(N)C1c1ccc(Br)s1. The van der Waals surface area contributed by atoms with E-state index in [1.165, 1.54) is 8.66 Å². The molecule has 1 aromatic rings. The summed E-state index contributed by atoms with van der Waals surface area (Å²) in [6.45, 7) is 7.90. The fourth-order valence-electron chi connectivity index (χ4n) is 2.42. The predicted molar refractivity (Wildman–Crippen MR) is 73.8 cm³/mol. The topological polar surface area (TPSA) is 29.3 Å². The third-order valence-corrected chi connectivity index (χ3v) is 4.89. The molecule has 1 saturated heterocycles. The van der Waals surface area contributed by atoms with Crippen LogP contribution in [-0.4, -0.2) is 23.0 Å². The smallest absolute Gasteiger partial charge is 0.0702 e. The highest BCUT2D eigenvalue weighted by molar-refractivity contribution is 9.11. The van der Waals surface area contributed by atoms with Crippen molar-refractivity contribution in [3.05, 3.63) is 20.8 Å². The summed E-state index contributed by atoms with van der Waals surface area (Å²) in [5.41, 5.74) is 6.45. The van der Waals surface area contributed by atoms with Crippen molar-refractivity contribution in [2.45, 2.75) is 44.8 Å². The molecule has 2 heterocycles. The number of rotatable bonds is 1. The Labute approximate surface area is 110 Å². The first-order valence-electron chi connectivity index (χ1n) is 5.67. The number of thiophene rings is 1. The van der Waals surface area contributed by atoms with Gasteiger partial charge in [0.1, 0.15) is 0 Å². The first-order valence-corrected chi connectivity index (χ1v) is 7.28. The number of hydrogen-bond acceptors (Lipinski definition) is 3. The molecule has 2 rings (SSSR count). The van der Waals surface area contributed by atoms with E-state index in [0.717, 1.165) is 13.0 Å². The van der Waals surface area contributed by atoms with Gasteiger partial charge in [0.05, 0.1) is 9.83 Å². The van der Waals surface area contributed by atoms with Gasteiger partial charge in [-0.2, -0.15) is 0 Å². The molecule has 0 saturated carbocycles. The Morgan fingerprint density at radius 1 is 1.44 bits per heavy atom. The van der Waals surface area contributed by atoms with E-state index >= 15 is 0 Å². The van der Waals surface area contributed by atoms with E-state index in [9.17, 15) is 0 Å². The number of nitrogens with two attached hydrogens (primary N) is 1. The van der Waals surface area contributed by atoms with E-state index < -0.39 is 0 Å². The number of nitrogens with zero attached hydrogens (tertiary/aromatic N) is 1. The monoisotopic (exact) mass is 302 g/mol. The van der Waals surface area contributed by atoms with Crippen LogP contribution < -0.4 is 5.73 Å². The van der Waals surface area contributed by atoms with Gasteiger partial charge in [-0.1, -0.05) is 0 Å². The van der Waals surface area contributed by atoms with Crippen LogP contribution in [0.25, 0.3) is 0 Å². The Morgan fingerprint density at radius 3 is 2.62 bits per heavy atom. The molecule has 2 atom stereocenters. The van der Waals surface area contributed by atoms with Crippen molar-refractivity contribution < 1.29 is 0 Å². The largest absolute Gasteiger partial charge is 0.326 e. The van der Waals surface area contributed by atoms with Crippen LogP contribution >= 0.6 is 27.3 Å². The van der Waals surface area contributed by atoms with E-state index in [4.69, 9.17) is 5.73 Å². The highest BCUT2D eigenvalue weighted by Gasteiger charge is 2.39. The Hall–Kier alpha value is 0.1000. The number of halogens is 1. The molecule has 90 valence electrons. The minimum Gasteiger partial charge on any atom is -0.326 e. The molecule has 16 heavy (non-hydrogen) atoms. The standard InChI is InChI=1S/C12H19BrN2S/c1-12(2,3)15-7-6-8(14)11(15)9-4-5-10(13)16-9/h4-5,8,11H,6-7,14H2,1-3H3. The first kappa shape index (κ1) is 12.6. The Morgan fingerprint density at radius 2 is 2.12 bits per heavy atom. The van der Waals surface area contributed by atoms with E-state index in [1.54, 1.807) is 11.3 Å². The van der Waals surface area contributed by atoms with E-state index in [2.05, 4.69) is 53.7 Å². The highest BCUT2D eigenvalue weighted by Crippen LogP contribution is 2.40. The second-order valence-electron chi connectivity index (χ2n) is 5.40. The van der Waals surface area contributed by atoms with Crippen molar-refractivity contribution >= 4 is 27.3 Å². The fraction of sp³-hybridized carbons (Fsp3) is 0.667. The van der Waals surface area contributed by atoms with Crippen molar-refractivity contribution in [3.8, 4) is 0 Å². The molecule has 0 aromatic carbocycles. The Kier molecular flexibility index (Phi) is 3.46. The third kappa shape index (κ3) is 2.35. The zero-order valence-corrected chi connectivity index (χ0v) is 12.4. The molecular formula is C12H19BrN2S. The fourth-order valence-corrected chi connectivity index (χ4v) is 4.03. The lowest BCUT2D eigenvalue weighted by Crippen LogP contribution is -2.43. The van der Waals surface area contributed by atoms with Crippen LogP contribution in [0.3, 0.4) is 0 Å². The molecule has 0 bridgehead atoms. The molecule has 0 amide bonds. The van der Waals surface area contributed by atoms with Crippen molar-refractivity contribution in [1.82, 2.24) is 4.90 Å². The lowest BCUT2D eigenvalue weighted by Gasteiger charge is -2.37. The molecule has 2 N–H and O–H groups in total. The highest BCUT2D eigenvalue weighted by atomic mass is 79.9. The van der Waals surface area contributed by atoms with Crippen LogP contribution in [0.2, 0.25) is 0 Å². The summed E-state index contributed by atoms with van der Waals surface area (Å²) in [6.07, 6.45) is 1.09. The summed E-state index contributed by atoms with van der Waals surface area (Å²) in [6, 6.07) is 4.97. The van der Waals surface area contributed by atoms with Gasteiger partial charge >= 0.3 is 0 Å². The Balaban J connectivity index is 2.29. The zero-order valence-electron chi connectivity index (χ0n) is 10.0. The van der Waals surface area contributed by atoms with Crippen molar-refractivity contribution in [3.63, 3.8) is 0 Å². The van der Waals surface area contributed by atoms with Crippen molar-refractivity contribution in [1.29, 1.82) is 0 Å². The van der Waals surface area contributed by atoms with Gasteiger partial charge in [0, 0.05) is 23.0 Å². The lowest BCUT2D eigenvalue weighted by molar-refractivity contribution is 0.119. The molecule has 0 spiro atoms. The number of hydrogen-bond donors (Lipinski definition) is 1. The molecule has 4 heteroatoms. The van der Waals surface area contributed by atoms with Gasteiger partial charge in [-0.15, -0.1) is 11.3 Å². The molecule has 1 aliphatic heterocycles. The summed E-state index contributed by atoms with van der Waals surface area (Å²) >= 11 is 5.33. The molecule has 0 radical (unpaired) electrons. The third-order valence-electron chi connectivity index (χ3n) is 3.19. The van der Waals surface area contributed by atoms with Crippen LogP contribution in [0, 0.1) is 0 Å². The number of likely N-dealkylation sites (tertiary alicyclic amines) is 1. The van der Waals surface area contributed by atoms with Gasteiger partial charge in [0.2, 0.25) is 0 Å². The summed E-state index contributed by atoms with van der Waals surface area (Å²) < 4.78 is 1.19. The van der Waals surface area contributed by atoms with Crippen LogP contribution in [-0.2, 0) is 0 Å². The lowest BCUT2D eigenvalue weighted by atomic mass is 10.0. The van der Waals surface area contributed by atoms with E-state index in [-0.39, 0.29) is 11.6 Å². The maximum Gasteiger partial charge on any atom is 0.0702 e. The van der Waals surface area contributed by atoms with Gasteiger partial charge < -0.3 is 5.73 Å². The Bertz CT molecular complexity index is 369. The molecule has 2 nitrogen and oxygen atoms in total. The molecule has 0 aliphatic carbocycles. The molecule has 1 fully saturated rings. The normalized spacial score (nSPS) is 27.6. The van der Waals surface area contributed by atoms with Gasteiger partial charge in [-0.05, 0) is 55.3 Å². The maximum absolute atomic E-state index is 6.26. The van der Waals surface area contributed by atoms with Crippen molar-refractivity contribution in [2.75, 3.05) is 6.54 Å². The summed E-state index contributed by atoms with van der Waals surface area (Å²) in [7, 11) is 0. The van der Waals surface area contributed by atoms with Crippen LogP contribution in [0.5, 0.6) is 0 Å².